The van der Waals surface area contributed by atoms with Gasteiger partial charge in [-0.1, -0.05) is 42.5 Å². The van der Waals surface area contributed by atoms with Gasteiger partial charge < -0.3 is 20.3 Å². The van der Waals surface area contributed by atoms with Crippen molar-refractivity contribution in [2.45, 2.75) is 63.2 Å². The van der Waals surface area contributed by atoms with Crippen LogP contribution in [0.15, 0.2) is 54.6 Å². The zero-order valence-electron chi connectivity index (χ0n) is 22.4. The molecule has 39 heavy (non-hydrogen) atoms. The van der Waals surface area contributed by atoms with E-state index in [-0.39, 0.29) is 63.6 Å². The molecule has 1 aliphatic heterocycles. The molecule has 2 amide bonds. The van der Waals surface area contributed by atoms with Gasteiger partial charge in [0.15, 0.2) is 0 Å². The first-order valence-electron chi connectivity index (χ1n) is 13.7. The molecule has 6 nitrogen and oxygen atoms in total. The zero-order chi connectivity index (χ0) is 27.8. The Kier molecular flexibility index (Phi) is 9.88. The van der Waals surface area contributed by atoms with Crippen LogP contribution >= 0.6 is 0 Å². The Labute approximate surface area is 228 Å². The second-order valence-corrected chi connectivity index (χ2v) is 10.8. The Balaban J connectivity index is 1.56. The van der Waals surface area contributed by atoms with Crippen LogP contribution in [0.3, 0.4) is 0 Å². The number of piperidine rings is 1. The van der Waals surface area contributed by atoms with Gasteiger partial charge in [-0.15, -0.1) is 0 Å². The quantitative estimate of drug-likeness (QED) is 0.436. The standard InChI is InChI=1S/C30H38F3N3O3/c1-39-26-10-7-21(8-11-26)9-12-27(37)36(20-23-13-14-30(32,33)16-23)28(24-15-25(31)19-34-18-24)29(38)35-17-22-5-3-2-4-6-22/h2-8,10-11,23-25,28,34H,9,12-20H2,1H3,(H,35,38). The highest BCUT2D eigenvalue weighted by molar-refractivity contribution is 5.88. The molecule has 1 heterocycles. The van der Waals surface area contributed by atoms with Crippen LogP contribution in [0.1, 0.15) is 43.2 Å². The first-order chi connectivity index (χ1) is 18.7. The molecule has 1 saturated carbocycles. The Morgan fingerprint density at radius 2 is 1.85 bits per heavy atom. The predicted molar refractivity (Wildman–Crippen MR) is 143 cm³/mol. The van der Waals surface area contributed by atoms with Crippen molar-refractivity contribution >= 4 is 11.8 Å². The van der Waals surface area contributed by atoms with E-state index in [1.165, 1.54) is 4.90 Å². The fourth-order valence-electron chi connectivity index (χ4n) is 5.69. The third kappa shape index (κ3) is 8.21. The number of carbonyl (C=O) groups excluding carboxylic acids is 2. The van der Waals surface area contributed by atoms with Gasteiger partial charge >= 0.3 is 0 Å². The summed E-state index contributed by atoms with van der Waals surface area (Å²) in [5.41, 5.74) is 1.81. The van der Waals surface area contributed by atoms with Gasteiger partial charge in [0.05, 0.1) is 7.11 Å². The van der Waals surface area contributed by atoms with Crippen LogP contribution in [0.5, 0.6) is 5.75 Å². The minimum atomic E-state index is -2.77. The number of methoxy groups -OCH3 is 1. The van der Waals surface area contributed by atoms with Gasteiger partial charge in [-0.05, 0) is 48.4 Å². The average molecular weight is 546 g/mol. The number of hydrogen-bond acceptors (Lipinski definition) is 4. The molecule has 1 saturated heterocycles. The lowest BCUT2D eigenvalue weighted by atomic mass is 9.88. The van der Waals surface area contributed by atoms with Crippen molar-refractivity contribution in [1.82, 2.24) is 15.5 Å². The molecule has 0 aromatic heterocycles. The third-order valence-corrected chi connectivity index (χ3v) is 7.76. The molecular weight excluding hydrogens is 507 g/mol. The van der Waals surface area contributed by atoms with Crippen molar-refractivity contribution in [3.8, 4) is 5.75 Å². The molecule has 2 aromatic rings. The second kappa shape index (κ2) is 13.3. The van der Waals surface area contributed by atoms with E-state index in [0.29, 0.717) is 18.7 Å². The highest BCUT2D eigenvalue weighted by atomic mass is 19.3. The highest BCUT2D eigenvalue weighted by Crippen LogP contribution is 2.40. The van der Waals surface area contributed by atoms with Crippen molar-refractivity contribution in [2.24, 2.45) is 11.8 Å². The molecule has 212 valence electrons. The zero-order valence-corrected chi connectivity index (χ0v) is 22.4. The minimum Gasteiger partial charge on any atom is -0.497 e. The summed E-state index contributed by atoms with van der Waals surface area (Å²) >= 11 is 0. The molecule has 1 aliphatic carbocycles. The Bertz CT molecular complexity index is 1080. The van der Waals surface area contributed by atoms with Gasteiger partial charge in [0.25, 0.3) is 0 Å². The Morgan fingerprint density at radius 3 is 2.49 bits per heavy atom. The maximum absolute atomic E-state index is 14.5. The van der Waals surface area contributed by atoms with E-state index < -0.39 is 30.0 Å². The molecule has 4 atom stereocenters. The molecule has 4 rings (SSSR count). The molecule has 2 aliphatic rings. The number of amides is 2. The van der Waals surface area contributed by atoms with E-state index in [1.807, 2.05) is 54.6 Å². The summed E-state index contributed by atoms with van der Waals surface area (Å²) in [5.74, 6) is -3.65. The van der Waals surface area contributed by atoms with Crippen LogP contribution in [-0.2, 0) is 22.6 Å². The van der Waals surface area contributed by atoms with Crippen LogP contribution in [0.4, 0.5) is 13.2 Å². The molecule has 9 heteroatoms. The average Bonchev–Trinajstić information content (AvgIpc) is 3.29. The van der Waals surface area contributed by atoms with Gasteiger partial charge in [0.1, 0.15) is 18.0 Å². The molecule has 4 unspecified atom stereocenters. The number of aryl methyl sites for hydroxylation is 1. The van der Waals surface area contributed by atoms with Crippen molar-refractivity contribution in [1.29, 1.82) is 0 Å². The van der Waals surface area contributed by atoms with Crippen molar-refractivity contribution in [3.05, 3.63) is 65.7 Å². The van der Waals surface area contributed by atoms with Gasteiger partial charge in [-0.25, -0.2) is 13.2 Å². The number of nitrogens with one attached hydrogen (secondary N) is 2. The lowest BCUT2D eigenvalue weighted by molar-refractivity contribution is -0.144. The lowest BCUT2D eigenvalue weighted by Gasteiger charge is -2.40. The second-order valence-electron chi connectivity index (χ2n) is 10.8. The molecular formula is C30H38F3N3O3. The number of halogens is 3. The fourth-order valence-corrected chi connectivity index (χ4v) is 5.69. The van der Waals surface area contributed by atoms with Crippen LogP contribution in [0, 0.1) is 11.8 Å². The van der Waals surface area contributed by atoms with E-state index in [1.54, 1.807) is 7.11 Å². The number of ether oxygens (including phenoxy) is 1. The van der Waals surface area contributed by atoms with Gasteiger partial charge in [-0.2, -0.15) is 0 Å². The summed E-state index contributed by atoms with van der Waals surface area (Å²) in [5, 5.41) is 5.97. The molecule has 2 N–H and O–H groups in total. The number of alkyl halides is 3. The van der Waals surface area contributed by atoms with Crippen molar-refractivity contribution in [2.75, 3.05) is 26.7 Å². The number of nitrogens with zero attached hydrogens (tertiary/aromatic N) is 1. The summed E-state index contributed by atoms with van der Waals surface area (Å²) in [6.45, 7) is 0.862. The third-order valence-electron chi connectivity index (χ3n) is 7.76. The van der Waals surface area contributed by atoms with E-state index in [9.17, 15) is 22.8 Å². The Hall–Kier alpha value is -3.07. The summed E-state index contributed by atoms with van der Waals surface area (Å²) in [6, 6.07) is 15.8. The fraction of sp³-hybridized carbons (Fsp3) is 0.533. The first kappa shape index (κ1) is 28.9. The molecule has 0 spiro atoms. The monoisotopic (exact) mass is 545 g/mol. The number of carbonyl (C=O) groups is 2. The van der Waals surface area contributed by atoms with Gasteiger partial charge in [0, 0.05) is 51.4 Å². The maximum atomic E-state index is 14.5. The molecule has 2 aromatic carbocycles. The van der Waals surface area contributed by atoms with E-state index >= 15 is 0 Å². The van der Waals surface area contributed by atoms with E-state index in [0.717, 1.165) is 11.1 Å². The number of hydrogen-bond donors (Lipinski definition) is 2. The Morgan fingerprint density at radius 1 is 1.10 bits per heavy atom. The van der Waals surface area contributed by atoms with E-state index in [2.05, 4.69) is 10.6 Å². The number of benzene rings is 2. The summed E-state index contributed by atoms with van der Waals surface area (Å²) < 4.78 is 47.9. The summed E-state index contributed by atoms with van der Waals surface area (Å²) in [6.07, 6.45) is -0.761. The SMILES string of the molecule is COc1ccc(CCC(=O)N(CC2CCC(F)(F)C2)C(C(=O)NCc2ccccc2)C2CNCC(F)C2)cc1. The van der Waals surface area contributed by atoms with Crippen LogP contribution in [0.2, 0.25) is 0 Å². The number of rotatable bonds is 11. The highest BCUT2D eigenvalue weighted by Gasteiger charge is 2.44. The van der Waals surface area contributed by atoms with Gasteiger partial charge in [0.2, 0.25) is 17.7 Å². The van der Waals surface area contributed by atoms with Crippen LogP contribution in [0.25, 0.3) is 0 Å². The summed E-state index contributed by atoms with van der Waals surface area (Å²) in [4.78, 5) is 28.9. The maximum Gasteiger partial charge on any atom is 0.248 e. The van der Waals surface area contributed by atoms with Gasteiger partial charge in [-0.3, -0.25) is 9.59 Å². The van der Waals surface area contributed by atoms with E-state index in [4.69, 9.17) is 4.74 Å². The topological polar surface area (TPSA) is 70.7 Å². The normalized spacial score (nSPS) is 23.1. The lowest BCUT2D eigenvalue weighted by Crippen LogP contribution is -2.58. The van der Waals surface area contributed by atoms with Crippen LogP contribution < -0.4 is 15.4 Å². The largest absolute Gasteiger partial charge is 0.497 e. The molecule has 0 bridgehead atoms. The van der Waals surface area contributed by atoms with Crippen LogP contribution in [-0.4, -0.2) is 61.6 Å². The first-order valence-corrected chi connectivity index (χ1v) is 13.7. The van der Waals surface area contributed by atoms with Crippen molar-refractivity contribution in [3.63, 3.8) is 0 Å². The summed E-state index contributed by atoms with van der Waals surface area (Å²) in [7, 11) is 1.58. The minimum absolute atomic E-state index is 0.0495. The molecule has 2 fully saturated rings. The smallest absolute Gasteiger partial charge is 0.248 e. The predicted octanol–water partition coefficient (Wildman–Crippen LogP) is 4.52. The van der Waals surface area contributed by atoms with Crippen molar-refractivity contribution < 1.29 is 27.5 Å². The molecule has 0 radical (unpaired) electrons.